The van der Waals surface area contributed by atoms with Crippen LogP contribution >= 0.6 is 12.4 Å². The van der Waals surface area contributed by atoms with E-state index in [1.54, 1.807) is 18.2 Å². The standard InChI is InChI=1S/C15H18F2N4O.ClH/c1-8-6-9(4-5-18-8)15(22)19-10-2-3-11-12(7-10)21-14(20-11)13(16)17;/h2-3,7-9,13,18H,4-6H2,1H3,(H,19,22)(H,20,21);1H/t8-,9-;/m0./s1. The van der Waals surface area contributed by atoms with Crippen molar-refractivity contribution in [1.82, 2.24) is 15.3 Å². The van der Waals surface area contributed by atoms with E-state index >= 15 is 0 Å². The van der Waals surface area contributed by atoms with Crippen molar-refractivity contribution in [2.75, 3.05) is 11.9 Å². The molecule has 0 bridgehead atoms. The van der Waals surface area contributed by atoms with Crippen LogP contribution in [-0.4, -0.2) is 28.5 Å². The predicted molar refractivity (Wildman–Crippen MR) is 87.1 cm³/mol. The summed E-state index contributed by atoms with van der Waals surface area (Å²) in [6.07, 6.45) is -1.03. The van der Waals surface area contributed by atoms with E-state index in [9.17, 15) is 13.6 Å². The van der Waals surface area contributed by atoms with Crippen molar-refractivity contribution >= 4 is 35.0 Å². The maximum atomic E-state index is 12.6. The Morgan fingerprint density at radius 3 is 2.91 bits per heavy atom. The molecule has 0 unspecified atom stereocenters. The van der Waals surface area contributed by atoms with Gasteiger partial charge < -0.3 is 15.6 Å². The Labute approximate surface area is 138 Å². The SMILES string of the molecule is C[C@H]1C[C@@H](C(=O)Nc2ccc3nc(C(F)F)[nH]c3c2)CCN1.Cl. The lowest BCUT2D eigenvalue weighted by Crippen LogP contribution is -2.40. The third-order valence-corrected chi connectivity index (χ3v) is 3.97. The maximum Gasteiger partial charge on any atom is 0.295 e. The van der Waals surface area contributed by atoms with Gasteiger partial charge in [0.15, 0.2) is 5.82 Å². The van der Waals surface area contributed by atoms with Gasteiger partial charge in [0, 0.05) is 17.6 Å². The number of alkyl halides is 2. The molecule has 1 aromatic carbocycles. The van der Waals surface area contributed by atoms with E-state index in [2.05, 4.69) is 27.5 Å². The second-order valence-electron chi connectivity index (χ2n) is 5.72. The minimum absolute atomic E-state index is 0. The molecule has 2 heterocycles. The molecule has 2 atom stereocenters. The number of rotatable bonds is 3. The second kappa shape index (κ2) is 7.23. The highest BCUT2D eigenvalue weighted by molar-refractivity contribution is 5.94. The van der Waals surface area contributed by atoms with Crippen molar-refractivity contribution in [2.45, 2.75) is 32.2 Å². The molecule has 1 aliphatic rings. The Kier molecular flexibility index (Phi) is 5.54. The number of anilines is 1. The molecule has 1 aromatic heterocycles. The van der Waals surface area contributed by atoms with E-state index < -0.39 is 6.43 Å². The number of aromatic amines is 1. The molecule has 0 aliphatic carbocycles. The summed E-state index contributed by atoms with van der Waals surface area (Å²) in [5, 5.41) is 6.16. The van der Waals surface area contributed by atoms with Gasteiger partial charge in [-0.25, -0.2) is 13.8 Å². The number of imidazole rings is 1. The first kappa shape index (κ1) is 17.6. The number of H-pyrrole nitrogens is 1. The van der Waals surface area contributed by atoms with Crippen molar-refractivity contribution < 1.29 is 13.6 Å². The largest absolute Gasteiger partial charge is 0.337 e. The number of piperidine rings is 1. The van der Waals surface area contributed by atoms with E-state index in [4.69, 9.17) is 0 Å². The van der Waals surface area contributed by atoms with E-state index in [0.717, 1.165) is 19.4 Å². The number of aromatic nitrogens is 2. The van der Waals surface area contributed by atoms with Gasteiger partial charge in [-0.15, -0.1) is 12.4 Å². The first-order chi connectivity index (χ1) is 10.5. The second-order valence-corrected chi connectivity index (χ2v) is 5.72. The number of fused-ring (bicyclic) bond motifs is 1. The lowest BCUT2D eigenvalue weighted by molar-refractivity contribution is -0.120. The van der Waals surface area contributed by atoms with Gasteiger partial charge in [0.05, 0.1) is 11.0 Å². The number of amides is 1. The van der Waals surface area contributed by atoms with Crippen LogP contribution in [0.3, 0.4) is 0 Å². The summed E-state index contributed by atoms with van der Waals surface area (Å²) >= 11 is 0. The summed E-state index contributed by atoms with van der Waals surface area (Å²) in [7, 11) is 0. The van der Waals surface area contributed by atoms with E-state index in [0.29, 0.717) is 22.8 Å². The summed E-state index contributed by atoms with van der Waals surface area (Å²) < 4.78 is 25.3. The minimum Gasteiger partial charge on any atom is -0.337 e. The molecule has 1 saturated heterocycles. The fraction of sp³-hybridized carbons (Fsp3) is 0.467. The van der Waals surface area contributed by atoms with E-state index in [1.807, 2.05) is 0 Å². The van der Waals surface area contributed by atoms with Gasteiger partial charge in [-0.2, -0.15) is 0 Å². The van der Waals surface area contributed by atoms with Crippen LogP contribution in [-0.2, 0) is 4.79 Å². The summed E-state index contributed by atoms with van der Waals surface area (Å²) in [6.45, 7) is 2.89. The third-order valence-electron chi connectivity index (χ3n) is 3.97. The number of hydrogen-bond donors (Lipinski definition) is 3. The topological polar surface area (TPSA) is 69.8 Å². The van der Waals surface area contributed by atoms with Gasteiger partial charge in [0.1, 0.15) is 0 Å². The average molecular weight is 345 g/mol. The summed E-state index contributed by atoms with van der Waals surface area (Å²) in [5.74, 6) is -0.405. The van der Waals surface area contributed by atoms with Crippen LogP contribution in [0.5, 0.6) is 0 Å². The zero-order valence-corrected chi connectivity index (χ0v) is 13.4. The molecule has 3 N–H and O–H groups in total. The van der Waals surface area contributed by atoms with Crippen LogP contribution in [0.2, 0.25) is 0 Å². The quantitative estimate of drug-likeness (QED) is 0.800. The zero-order valence-electron chi connectivity index (χ0n) is 12.6. The first-order valence-corrected chi connectivity index (χ1v) is 7.35. The molecule has 0 radical (unpaired) electrons. The predicted octanol–water partition coefficient (Wildman–Crippen LogP) is 3.25. The van der Waals surface area contributed by atoms with Crippen molar-refractivity contribution in [3.05, 3.63) is 24.0 Å². The molecule has 1 amide bonds. The fourth-order valence-corrected chi connectivity index (χ4v) is 2.82. The van der Waals surface area contributed by atoms with Crippen molar-refractivity contribution in [3.8, 4) is 0 Å². The number of hydrogen-bond acceptors (Lipinski definition) is 3. The lowest BCUT2D eigenvalue weighted by atomic mass is 9.92. The summed E-state index contributed by atoms with van der Waals surface area (Å²) in [4.78, 5) is 18.7. The normalized spacial score (nSPS) is 21.2. The molecule has 1 fully saturated rings. The number of halogens is 3. The highest BCUT2D eigenvalue weighted by Crippen LogP contribution is 2.23. The van der Waals surface area contributed by atoms with Crippen molar-refractivity contribution in [1.29, 1.82) is 0 Å². The van der Waals surface area contributed by atoms with Crippen LogP contribution in [0.1, 0.15) is 32.0 Å². The van der Waals surface area contributed by atoms with Crippen LogP contribution < -0.4 is 10.6 Å². The van der Waals surface area contributed by atoms with Gasteiger partial charge in [-0.1, -0.05) is 0 Å². The molecule has 23 heavy (non-hydrogen) atoms. The van der Waals surface area contributed by atoms with Crippen LogP contribution in [0.15, 0.2) is 18.2 Å². The van der Waals surface area contributed by atoms with Crippen LogP contribution in [0.4, 0.5) is 14.5 Å². The van der Waals surface area contributed by atoms with Gasteiger partial charge in [-0.3, -0.25) is 4.79 Å². The van der Waals surface area contributed by atoms with Crippen LogP contribution in [0, 0.1) is 5.92 Å². The molecule has 126 valence electrons. The van der Waals surface area contributed by atoms with E-state index in [-0.39, 0.29) is 30.1 Å². The zero-order chi connectivity index (χ0) is 15.7. The van der Waals surface area contributed by atoms with E-state index in [1.165, 1.54) is 0 Å². The molecule has 8 heteroatoms. The Bertz CT molecular complexity index is 691. The fourth-order valence-electron chi connectivity index (χ4n) is 2.82. The highest BCUT2D eigenvalue weighted by atomic mass is 35.5. The number of nitrogens with one attached hydrogen (secondary N) is 3. The van der Waals surface area contributed by atoms with Gasteiger partial charge in [-0.05, 0) is 44.5 Å². The first-order valence-electron chi connectivity index (χ1n) is 7.35. The average Bonchev–Trinajstić information content (AvgIpc) is 2.90. The molecule has 1 aliphatic heterocycles. The smallest absolute Gasteiger partial charge is 0.295 e. The molecule has 0 spiro atoms. The van der Waals surface area contributed by atoms with Gasteiger partial charge in [0.25, 0.3) is 6.43 Å². The minimum atomic E-state index is -2.64. The van der Waals surface area contributed by atoms with Crippen molar-refractivity contribution in [2.24, 2.45) is 5.92 Å². The molecule has 5 nitrogen and oxygen atoms in total. The third kappa shape index (κ3) is 3.97. The molecular weight excluding hydrogens is 326 g/mol. The Balaban J connectivity index is 0.00000192. The molecule has 3 rings (SSSR count). The number of carbonyl (C=O) groups excluding carboxylic acids is 1. The van der Waals surface area contributed by atoms with Crippen LogP contribution in [0.25, 0.3) is 11.0 Å². The number of nitrogens with zero attached hydrogens (tertiary/aromatic N) is 1. The summed E-state index contributed by atoms with van der Waals surface area (Å²) in [6, 6.07) is 5.27. The molecule has 2 aromatic rings. The maximum absolute atomic E-state index is 12.6. The lowest BCUT2D eigenvalue weighted by Gasteiger charge is -2.27. The monoisotopic (exact) mass is 344 g/mol. The number of benzene rings is 1. The summed E-state index contributed by atoms with van der Waals surface area (Å²) in [5.41, 5.74) is 1.55. The Morgan fingerprint density at radius 2 is 2.22 bits per heavy atom. The highest BCUT2D eigenvalue weighted by Gasteiger charge is 2.24. The van der Waals surface area contributed by atoms with Crippen molar-refractivity contribution in [3.63, 3.8) is 0 Å². The molecule has 0 saturated carbocycles. The Hall–Kier alpha value is -1.73. The molecular formula is C15H19ClF2N4O. The number of carbonyl (C=O) groups is 1. The van der Waals surface area contributed by atoms with Gasteiger partial charge in [0.2, 0.25) is 5.91 Å². The Morgan fingerprint density at radius 1 is 1.43 bits per heavy atom. The van der Waals surface area contributed by atoms with Gasteiger partial charge >= 0.3 is 0 Å².